The van der Waals surface area contributed by atoms with E-state index >= 15 is 0 Å². The lowest BCUT2D eigenvalue weighted by molar-refractivity contribution is -0.122. The van der Waals surface area contributed by atoms with Gasteiger partial charge in [-0.15, -0.1) is 12.4 Å². The summed E-state index contributed by atoms with van der Waals surface area (Å²) in [6.45, 7) is 6.47. The second-order valence-electron chi connectivity index (χ2n) is 6.36. The highest BCUT2D eigenvalue weighted by Crippen LogP contribution is 2.25. The van der Waals surface area contributed by atoms with Crippen molar-refractivity contribution in [3.8, 4) is 0 Å². The summed E-state index contributed by atoms with van der Waals surface area (Å²) in [6, 6.07) is 0. The minimum Gasteiger partial charge on any atom is -0.356 e. The van der Waals surface area contributed by atoms with Crippen LogP contribution >= 0.6 is 12.4 Å². The van der Waals surface area contributed by atoms with Crippen LogP contribution in [0.1, 0.15) is 51.4 Å². The molecule has 0 aromatic carbocycles. The van der Waals surface area contributed by atoms with E-state index in [2.05, 4.69) is 15.5 Å². The average Bonchev–Trinajstić information content (AvgIpc) is 2.73. The highest BCUT2D eigenvalue weighted by Gasteiger charge is 2.15. The van der Waals surface area contributed by atoms with Gasteiger partial charge in [-0.3, -0.25) is 4.79 Å². The summed E-state index contributed by atoms with van der Waals surface area (Å²) >= 11 is 0. The molecule has 1 saturated carbocycles. The van der Waals surface area contributed by atoms with Gasteiger partial charge in [0.2, 0.25) is 5.91 Å². The fourth-order valence-corrected chi connectivity index (χ4v) is 3.37. The molecule has 0 radical (unpaired) electrons. The van der Waals surface area contributed by atoms with Gasteiger partial charge >= 0.3 is 0 Å². The minimum absolute atomic E-state index is 0. The summed E-state index contributed by atoms with van der Waals surface area (Å²) in [7, 11) is 0. The van der Waals surface area contributed by atoms with Gasteiger partial charge < -0.3 is 15.5 Å². The van der Waals surface area contributed by atoms with Crippen molar-refractivity contribution in [2.75, 3.05) is 39.3 Å². The molecule has 2 aliphatic rings. The number of carbonyl (C=O) groups is 1. The number of hydrogen-bond donors (Lipinski definition) is 2. The van der Waals surface area contributed by atoms with Crippen molar-refractivity contribution in [1.29, 1.82) is 0 Å². The standard InChI is InChI=1S/C16H31N3O.ClH/c20-16(14-15-6-3-1-2-4-7-15)18-8-5-11-19-12-9-17-10-13-19;/h15,17H,1-14H2,(H,18,20);1H. The molecule has 0 spiro atoms. The molecule has 1 amide bonds. The third-order valence-corrected chi connectivity index (χ3v) is 4.63. The van der Waals surface area contributed by atoms with Gasteiger partial charge in [0.1, 0.15) is 0 Å². The van der Waals surface area contributed by atoms with Crippen LogP contribution in [-0.4, -0.2) is 50.1 Å². The van der Waals surface area contributed by atoms with Crippen molar-refractivity contribution in [2.24, 2.45) is 5.92 Å². The molecule has 0 unspecified atom stereocenters. The smallest absolute Gasteiger partial charge is 0.220 e. The molecule has 5 heteroatoms. The van der Waals surface area contributed by atoms with Crippen molar-refractivity contribution in [3.05, 3.63) is 0 Å². The zero-order valence-corrected chi connectivity index (χ0v) is 14.1. The fraction of sp³-hybridized carbons (Fsp3) is 0.938. The van der Waals surface area contributed by atoms with Gasteiger partial charge in [0.05, 0.1) is 0 Å². The topological polar surface area (TPSA) is 44.4 Å². The van der Waals surface area contributed by atoms with Gasteiger partial charge in [0.15, 0.2) is 0 Å². The van der Waals surface area contributed by atoms with Crippen molar-refractivity contribution in [3.63, 3.8) is 0 Å². The van der Waals surface area contributed by atoms with Crippen LogP contribution in [0.2, 0.25) is 0 Å². The van der Waals surface area contributed by atoms with E-state index in [9.17, 15) is 4.79 Å². The lowest BCUT2D eigenvalue weighted by atomic mass is 9.96. The van der Waals surface area contributed by atoms with Gasteiger partial charge in [-0.2, -0.15) is 0 Å². The molecule has 1 aliphatic heterocycles. The maximum absolute atomic E-state index is 11.9. The summed E-state index contributed by atoms with van der Waals surface area (Å²) in [5, 5.41) is 6.47. The highest BCUT2D eigenvalue weighted by molar-refractivity contribution is 5.85. The molecule has 1 aliphatic carbocycles. The van der Waals surface area contributed by atoms with E-state index in [1.165, 1.54) is 38.5 Å². The van der Waals surface area contributed by atoms with Crippen LogP contribution in [0.25, 0.3) is 0 Å². The zero-order valence-electron chi connectivity index (χ0n) is 13.2. The maximum Gasteiger partial charge on any atom is 0.220 e. The van der Waals surface area contributed by atoms with Crippen LogP contribution in [0, 0.1) is 5.92 Å². The van der Waals surface area contributed by atoms with Crippen LogP contribution < -0.4 is 10.6 Å². The Morgan fingerprint density at radius 1 is 1.10 bits per heavy atom. The van der Waals surface area contributed by atoms with Gasteiger partial charge in [0.25, 0.3) is 0 Å². The first kappa shape index (κ1) is 18.7. The fourth-order valence-electron chi connectivity index (χ4n) is 3.37. The summed E-state index contributed by atoms with van der Waals surface area (Å²) < 4.78 is 0. The van der Waals surface area contributed by atoms with E-state index in [1.807, 2.05) is 0 Å². The Balaban J connectivity index is 0.00000220. The van der Waals surface area contributed by atoms with Crippen LogP contribution in [0.5, 0.6) is 0 Å². The molecular weight excluding hydrogens is 286 g/mol. The van der Waals surface area contributed by atoms with E-state index < -0.39 is 0 Å². The van der Waals surface area contributed by atoms with Crippen molar-refractivity contribution in [1.82, 2.24) is 15.5 Å². The first-order chi connectivity index (χ1) is 9.84. The molecule has 1 saturated heterocycles. The SMILES string of the molecule is Cl.O=C(CC1CCCCCC1)NCCCN1CCNCC1. The van der Waals surface area contributed by atoms with Gasteiger partial charge in [0, 0.05) is 39.1 Å². The van der Waals surface area contributed by atoms with Crippen LogP contribution in [0.4, 0.5) is 0 Å². The minimum atomic E-state index is 0. The Bertz CT molecular complexity index is 275. The molecule has 2 fully saturated rings. The number of rotatable bonds is 6. The van der Waals surface area contributed by atoms with E-state index in [4.69, 9.17) is 0 Å². The number of amides is 1. The Morgan fingerprint density at radius 3 is 2.43 bits per heavy atom. The van der Waals surface area contributed by atoms with E-state index in [-0.39, 0.29) is 18.3 Å². The first-order valence-corrected chi connectivity index (χ1v) is 8.54. The molecule has 0 aromatic rings. The average molecular weight is 318 g/mol. The second-order valence-corrected chi connectivity index (χ2v) is 6.36. The maximum atomic E-state index is 11.9. The zero-order chi connectivity index (χ0) is 14.0. The number of carbonyl (C=O) groups excluding carboxylic acids is 1. The molecule has 0 aromatic heterocycles. The third-order valence-electron chi connectivity index (χ3n) is 4.63. The lowest BCUT2D eigenvalue weighted by Gasteiger charge is -2.27. The number of piperazine rings is 1. The summed E-state index contributed by atoms with van der Waals surface area (Å²) in [4.78, 5) is 14.4. The normalized spacial score (nSPS) is 21.3. The van der Waals surface area contributed by atoms with Crippen molar-refractivity contribution in [2.45, 2.75) is 51.4 Å². The number of nitrogens with zero attached hydrogens (tertiary/aromatic N) is 1. The number of hydrogen-bond acceptors (Lipinski definition) is 3. The highest BCUT2D eigenvalue weighted by atomic mass is 35.5. The number of halogens is 1. The largest absolute Gasteiger partial charge is 0.356 e. The predicted molar refractivity (Wildman–Crippen MR) is 90.0 cm³/mol. The molecule has 124 valence electrons. The van der Waals surface area contributed by atoms with Crippen molar-refractivity contribution < 1.29 is 4.79 Å². The molecule has 2 rings (SSSR count). The van der Waals surface area contributed by atoms with E-state index in [1.54, 1.807) is 0 Å². The first-order valence-electron chi connectivity index (χ1n) is 8.54. The molecule has 0 bridgehead atoms. The third kappa shape index (κ3) is 8.03. The Labute approximate surface area is 135 Å². The monoisotopic (exact) mass is 317 g/mol. The number of nitrogens with one attached hydrogen (secondary N) is 2. The van der Waals surface area contributed by atoms with Crippen molar-refractivity contribution >= 4 is 18.3 Å². The Kier molecular flexibility index (Phi) is 10.1. The quantitative estimate of drug-likeness (QED) is 0.583. The summed E-state index contributed by atoms with van der Waals surface area (Å²) in [5.74, 6) is 0.919. The van der Waals surface area contributed by atoms with E-state index in [0.717, 1.165) is 52.1 Å². The Morgan fingerprint density at radius 2 is 1.76 bits per heavy atom. The molecule has 0 atom stereocenters. The van der Waals surface area contributed by atoms with Crippen LogP contribution in [0.15, 0.2) is 0 Å². The van der Waals surface area contributed by atoms with Crippen LogP contribution in [-0.2, 0) is 4.79 Å². The molecule has 2 N–H and O–H groups in total. The second kappa shape index (κ2) is 11.3. The summed E-state index contributed by atoms with van der Waals surface area (Å²) in [6.07, 6.45) is 9.72. The predicted octanol–water partition coefficient (Wildman–Crippen LogP) is 2.18. The van der Waals surface area contributed by atoms with Gasteiger partial charge in [-0.1, -0.05) is 25.7 Å². The van der Waals surface area contributed by atoms with Crippen LogP contribution in [0.3, 0.4) is 0 Å². The molecule has 4 nitrogen and oxygen atoms in total. The van der Waals surface area contributed by atoms with Gasteiger partial charge in [-0.25, -0.2) is 0 Å². The molecule has 1 heterocycles. The summed E-state index contributed by atoms with van der Waals surface area (Å²) in [5.41, 5.74) is 0. The molecular formula is C16H32ClN3O. The van der Waals surface area contributed by atoms with E-state index in [0.29, 0.717) is 5.92 Å². The Hall–Kier alpha value is -0.320. The van der Waals surface area contributed by atoms with Gasteiger partial charge in [-0.05, 0) is 31.7 Å². The molecule has 21 heavy (non-hydrogen) atoms. The lowest BCUT2D eigenvalue weighted by Crippen LogP contribution is -2.44.